The highest BCUT2D eigenvalue weighted by Gasteiger charge is 2.29. The molecule has 1 aliphatic heterocycles. The zero-order valence-electron chi connectivity index (χ0n) is 11.4. The van der Waals surface area contributed by atoms with Gasteiger partial charge in [0.15, 0.2) is 9.84 Å². The number of alkyl halides is 1. The summed E-state index contributed by atoms with van der Waals surface area (Å²) in [6.07, 6.45) is 2.13. The van der Waals surface area contributed by atoms with Gasteiger partial charge in [0.2, 0.25) is 0 Å². The van der Waals surface area contributed by atoms with E-state index in [-0.39, 0.29) is 17.5 Å². The van der Waals surface area contributed by atoms with Gasteiger partial charge >= 0.3 is 0 Å². The molecule has 0 saturated carbocycles. The molecule has 1 aromatic heterocycles. The molecule has 0 amide bonds. The minimum absolute atomic E-state index is 0.0783. The monoisotopic (exact) mass is 346 g/mol. The normalized spacial score (nSPS) is 21.7. The number of halogens is 2. The third kappa shape index (κ3) is 2.91. The van der Waals surface area contributed by atoms with Crippen LogP contribution in [0, 0.1) is 0 Å². The molecule has 1 aromatic carbocycles. The smallest absolute Gasteiger partial charge is 0.152 e. The lowest BCUT2D eigenvalue weighted by Gasteiger charge is -2.25. The number of benzene rings is 1. The molecule has 21 heavy (non-hydrogen) atoms. The van der Waals surface area contributed by atoms with E-state index in [1.165, 1.54) is 0 Å². The molecule has 7 heteroatoms. The second-order valence-corrected chi connectivity index (χ2v) is 8.37. The third-order valence-corrected chi connectivity index (χ3v) is 6.16. The van der Waals surface area contributed by atoms with Gasteiger partial charge in [-0.05, 0) is 25.0 Å². The number of nitrogens with zero attached hydrogens (tertiary/aromatic N) is 2. The van der Waals surface area contributed by atoms with Crippen molar-refractivity contribution >= 4 is 44.1 Å². The van der Waals surface area contributed by atoms with Crippen molar-refractivity contribution in [3.63, 3.8) is 0 Å². The van der Waals surface area contributed by atoms with E-state index in [4.69, 9.17) is 23.2 Å². The van der Waals surface area contributed by atoms with Crippen LogP contribution in [-0.4, -0.2) is 35.4 Å². The summed E-state index contributed by atoms with van der Waals surface area (Å²) in [5.41, 5.74) is 1.62. The maximum atomic E-state index is 11.9. The van der Waals surface area contributed by atoms with Crippen LogP contribution in [0.3, 0.4) is 0 Å². The van der Waals surface area contributed by atoms with E-state index >= 15 is 0 Å². The summed E-state index contributed by atoms with van der Waals surface area (Å²) in [5, 5.41) is 0.584. The predicted octanol–water partition coefficient (Wildman–Crippen LogP) is 3.22. The van der Waals surface area contributed by atoms with Crippen molar-refractivity contribution in [1.29, 1.82) is 0 Å². The highest BCUT2D eigenvalue weighted by Crippen LogP contribution is 2.31. The Bertz CT molecular complexity index is 771. The number of para-hydroxylation sites is 1. The maximum absolute atomic E-state index is 11.9. The zero-order valence-corrected chi connectivity index (χ0v) is 13.8. The van der Waals surface area contributed by atoms with Gasteiger partial charge < -0.3 is 4.57 Å². The van der Waals surface area contributed by atoms with Crippen molar-refractivity contribution in [1.82, 2.24) is 9.55 Å². The first-order valence-corrected chi connectivity index (χ1v) is 9.67. The topological polar surface area (TPSA) is 52.0 Å². The summed E-state index contributed by atoms with van der Waals surface area (Å²) in [6, 6.07) is 5.52. The molecule has 0 bridgehead atoms. The number of aromatic nitrogens is 2. The third-order valence-electron chi connectivity index (χ3n) is 3.87. The molecular weight excluding hydrogens is 331 g/mol. The van der Waals surface area contributed by atoms with Gasteiger partial charge in [0.05, 0.1) is 22.0 Å². The van der Waals surface area contributed by atoms with Crippen LogP contribution in [0.1, 0.15) is 24.7 Å². The molecule has 1 atom stereocenters. The molecular formula is C14H16Cl2N2O2S. The SMILES string of the molecule is O=S1(=O)CCCC(n2c(CCCl)nc3c(Cl)cccc32)C1. The van der Waals surface area contributed by atoms with E-state index in [2.05, 4.69) is 4.98 Å². The molecule has 0 radical (unpaired) electrons. The molecule has 2 aromatic rings. The minimum Gasteiger partial charge on any atom is -0.324 e. The van der Waals surface area contributed by atoms with E-state index in [0.717, 1.165) is 23.3 Å². The van der Waals surface area contributed by atoms with Crippen LogP contribution in [0.4, 0.5) is 0 Å². The quantitative estimate of drug-likeness (QED) is 0.801. The van der Waals surface area contributed by atoms with Gasteiger partial charge in [-0.3, -0.25) is 0 Å². The number of sulfone groups is 1. The molecule has 0 N–H and O–H groups in total. The van der Waals surface area contributed by atoms with Crippen LogP contribution in [0.2, 0.25) is 5.02 Å². The largest absolute Gasteiger partial charge is 0.324 e. The maximum Gasteiger partial charge on any atom is 0.152 e. The number of fused-ring (bicyclic) bond motifs is 1. The van der Waals surface area contributed by atoms with Gasteiger partial charge in [-0.15, -0.1) is 11.6 Å². The number of hydrogen-bond acceptors (Lipinski definition) is 3. The second-order valence-electron chi connectivity index (χ2n) is 5.35. The summed E-state index contributed by atoms with van der Waals surface area (Å²) in [5.74, 6) is 1.71. The fraction of sp³-hybridized carbons (Fsp3) is 0.500. The molecule has 1 aliphatic rings. The van der Waals surface area contributed by atoms with Crippen molar-refractivity contribution in [3.8, 4) is 0 Å². The molecule has 1 unspecified atom stereocenters. The summed E-state index contributed by atoms with van der Waals surface area (Å²) in [4.78, 5) is 4.58. The molecule has 0 aliphatic carbocycles. The summed E-state index contributed by atoms with van der Waals surface area (Å²) < 4.78 is 25.9. The van der Waals surface area contributed by atoms with Gasteiger partial charge in [0, 0.05) is 18.3 Å². The predicted molar refractivity (Wildman–Crippen MR) is 86.1 cm³/mol. The second kappa shape index (κ2) is 5.78. The Morgan fingerprint density at radius 2 is 2.19 bits per heavy atom. The van der Waals surface area contributed by atoms with Crippen LogP contribution >= 0.6 is 23.2 Å². The summed E-state index contributed by atoms with van der Waals surface area (Å²) >= 11 is 12.1. The van der Waals surface area contributed by atoms with Crippen molar-refractivity contribution in [2.45, 2.75) is 25.3 Å². The Morgan fingerprint density at radius 1 is 1.38 bits per heavy atom. The van der Waals surface area contributed by atoms with Gasteiger partial charge in [0.25, 0.3) is 0 Å². The van der Waals surface area contributed by atoms with Gasteiger partial charge in [-0.25, -0.2) is 13.4 Å². The van der Waals surface area contributed by atoms with Gasteiger partial charge in [-0.2, -0.15) is 0 Å². The van der Waals surface area contributed by atoms with E-state index < -0.39 is 9.84 Å². The molecule has 1 saturated heterocycles. The van der Waals surface area contributed by atoms with Crippen LogP contribution in [0.25, 0.3) is 11.0 Å². The van der Waals surface area contributed by atoms with Crippen molar-refractivity contribution in [2.24, 2.45) is 0 Å². The number of hydrogen-bond donors (Lipinski definition) is 0. The highest BCUT2D eigenvalue weighted by atomic mass is 35.5. The first kappa shape index (κ1) is 15.1. The molecule has 2 heterocycles. The number of imidazole rings is 1. The first-order chi connectivity index (χ1) is 10.0. The molecule has 1 fully saturated rings. The van der Waals surface area contributed by atoms with Gasteiger partial charge in [0.1, 0.15) is 11.3 Å². The summed E-state index contributed by atoms with van der Waals surface area (Å²) in [7, 11) is -2.98. The lowest BCUT2D eigenvalue weighted by molar-refractivity contribution is 0.468. The fourth-order valence-corrected chi connectivity index (χ4v) is 5.06. The molecule has 0 spiro atoms. The van der Waals surface area contributed by atoms with Crippen molar-refractivity contribution in [3.05, 3.63) is 29.0 Å². The Hall–Kier alpha value is -0.780. The Balaban J connectivity index is 2.15. The first-order valence-electron chi connectivity index (χ1n) is 6.93. The van der Waals surface area contributed by atoms with E-state index in [9.17, 15) is 8.42 Å². The average Bonchev–Trinajstić information content (AvgIpc) is 2.78. The molecule has 3 rings (SSSR count). The lowest BCUT2D eigenvalue weighted by Crippen LogP contribution is -2.28. The Labute approximate surface area is 134 Å². The van der Waals surface area contributed by atoms with Crippen LogP contribution in [-0.2, 0) is 16.3 Å². The van der Waals surface area contributed by atoms with Crippen molar-refractivity contribution < 1.29 is 8.42 Å². The van der Waals surface area contributed by atoms with E-state index in [1.54, 1.807) is 6.07 Å². The highest BCUT2D eigenvalue weighted by molar-refractivity contribution is 7.91. The fourth-order valence-electron chi connectivity index (χ4n) is 3.00. The van der Waals surface area contributed by atoms with E-state index in [1.807, 2.05) is 16.7 Å². The summed E-state index contributed by atoms with van der Waals surface area (Å²) in [6.45, 7) is 0. The van der Waals surface area contributed by atoms with Crippen LogP contribution in [0.5, 0.6) is 0 Å². The van der Waals surface area contributed by atoms with Crippen molar-refractivity contribution in [2.75, 3.05) is 17.4 Å². The Morgan fingerprint density at radius 3 is 2.90 bits per heavy atom. The lowest BCUT2D eigenvalue weighted by atomic mass is 10.1. The number of aryl methyl sites for hydroxylation is 1. The minimum atomic E-state index is -2.98. The van der Waals surface area contributed by atoms with Crippen LogP contribution < -0.4 is 0 Å². The molecule has 4 nitrogen and oxygen atoms in total. The number of rotatable bonds is 3. The zero-order chi connectivity index (χ0) is 15.0. The van der Waals surface area contributed by atoms with E-state index in [0.29, 0.717) is 23.7 Å². The molecule has 114 valence electrons. The Kier molecular flexibility index (Phi) is 4.17. The van der Waals surface area contributed by atoms with Crippen LogP contribution in [0.15, 0.2) is 18.2 Å². The van der Waals surface area contributed by atoms with Gasteiger partial charge in [-0.1, -0.05) is 17.7 Å². The standard InChI is InChI=1S/C14H16Cl2N2O2S/c15-7-6-13-17-14-11(16)4-1-5-12(14)18(13)10-3-2-8-21(19,20)9-10/h1,4-5,10H,2-3,6-9H2. The average molecular weight is 347 g/mol.